The van der Waals surface area contributed by atoms with Crippen molar-refractivity contribution in [2.75, 3.05) is 0 Å². The maximum absolute atomic E-state index is 2.48. The van der Waals surface area contributed by atoms with Gasteiger partial charge in [0.1, 0.15) is 0 Å². The molecule has 0 amide bonds. The van der Waals surface area contributed by atoms with Crippen molar-refractivity contribution < 1.29 is 0 Å². The molecule has 4 aliphatic carbocycles. The molecule has 0 heterocycles. The Morgan fingerprint density at radius 1 is 1.14 bits per heavy atom. The zero-order valence-corrected chi connectivity index (χ0v) is 8.24. The third kappa shape index (κ3) is 0.755. The number of rotatable bonds is 0. The first-order chi connectivity index (χ1) is 6.92. The lowest BCUT2D eigenvalue weighted by atomic mass is 9.68. The van der Waals surface area contributed by atoms with E-state index in [-0.39, 0.29) is 0 Å². The number of allylic oxidation sites excluding steroid dienone is 2. The van der Waals surface area contributed by atoms with Crippen molar-refractivity contribution in [3.8, 4) is 0 Å². The molecule has 0 saturated carbocycles. The third-order valence-corrected chi connectivity index (χ3v) is 4.28. The fourth-order valence-electron chi connectivity index (χ4n) is 3.49. The van der Waals surface area contributed by atoms with E-state index >= 15 is 0 Å². The molecular formula is C14H14. The van der Waals surface area contributed by atoms with Gasteiger partial charge >= 0.3 is 0 Å². The van der Waals surface area contributed by atoms with Crippen LogP contribution in [-0.2, 0) is 6.42 Å². The van der Waals surface area contributed by atoms with Crippen LogP contribution in [0.2, 0.25) is 0 Å². The highest BCUT2D eigenvalue weighted by molar-refractivity contribution is 5.51. The van der Waals surface area contributed by atoms with Crippen LogP contribution in [0, 0.1) is 11.8 Å². The van der Waals surface area contributed by atoms with Gasteiger partial charge in [0.2, 0.25) is 0 Å². The summed E-state index contributed by atoms with van der Waals surface area (Å²) in [5.74, 6) is 2.50. The van der Waals surface area contributed by atoms with E-state index in [0.717, 1.165) is 17.8 Å². The molecule has 0 saturated heterocycles. The number of hydrogen-bond acceptors (Lipinski definition) is 0. The second-order valence-corrected chi connectivity index (χ2v) is 5.02. The molecule has 3 unspecified atom stereocenters. The molecule has 0 aliphatic heterocycles. The lowest BCUT2D eigenvalue weighted by Crippen LogP contribution is -2.23. The molecule has 0 nitrogen and oxygen atoms in total. The van der Waals surface area contributed by atoms with E-state index in [1.165, 1.54) is 19.3 Å². The van der Waals surface area contributed by atoms with Gasteiger partial charge in [-0.15, -0.1) is 0 Å². The molecular weight excluding hydrogens is 168 g/mol. The van der Waals surface area contributed by atoms with E-state index in [1.807, 2.05) is 0 Å². The van der Waals surface area contributed by atoms with Gasteiger partial charge in [0.05, 0.1) is 0 Å². The van der Waals surface area contributed by atoms with Crippen LogP contribution in [0.3, 0.4) is 0 Å². The molecule has 4 aliphatic rings. The first-order valence-electron chi connectivity index (χ1n) is 5.73. The number of aryl methyl sites for hydroxylation is 1. The van der Waals surface area contributed by atoms with Crippen LogP contribution in [0.15, 0.2) is 30.4 Å². The van der Waals surface area contributed by atoms with E-state index in [9.17, 15) is 0 Å². The van der Waals surface area contributed by atoms with Crippen LogP contribution < -0.4 is 0 Å². The summed E-state index contributed by atoms with van der Waals surface area (Å²) in [7, 11) is 0. The van der Waals surface area contributed by atoms with Gasteiger partial charge in [0, 0.05) is 5.92 Å². The molecule has 1 aromatic carbocycles. The normalized spacial score (nSPS) is 36.1. The summed E-state index contributed by atoms with van der Waals surface area (Å²) >= 11 is 0. The van der Waals surface area contributed by atoms with E-state index in [0.29, 0.717) is 0 Å². The molecule has 6 bridgehead atoms. The molecule has 3 atom stereocenters. The van der Waals surface area contributed by atoms with Crippen molar-refractivity contribution in [3.05, 3.63) is 47.0 Å². The van der Waals surface area contributed by atoms with Crippen LogP contribution in [0.5, 0.6) is 0 Å². The minimum absolute atomic E-state index is 0.788. The number of hydrogen-bond donors (Lipinski definition) is 0. The second-order valence-electron chi connectivity index (χ2n) is 5.02. The maximum Gasteiger partial charge on any atom is 0.0155 e. The number of benzene rings is 1. The minimum Gasteiger partial charge on any atom is -0.0851 e. The standard InChI is InChI=1S/C14H14/c1-3-10-5-6-12-8-13(10)14(12)11-4-2-9(1)7-11/h2,4-6,8-9,11,14H,1,3,7H2. The summed E-state index contributed by atoms with van der Waals surface area (Å²) in [6, 6.07) is 7.11. The fourth-order valence-corrected chi connectivity index (χ4v) is 3.49. The van der Waals surface area contributed by atoms with Gasteiger partial charge in [-0.25, -0.2) is 0 Å². The van der Waals surface area contributed by atoms with Crippen molar-refractivity contribution in [2.45, 2.75) is 25.2 Å². The molecule has 0 N–H and O–H groups in total. The molecule has 5 rings (SSSR count). The Labute approximate surface area is 84.6 Å². The Morgan fingerprint density at radius 2 is 2.14 bits per heavy atom. The van der Waals surface area contributed by atoms with E-state index in [1.54, 1.807) is 16.7 Å². The Morgan fingerprint density at radius 3 is 3.07 bits per heavy atom. The highest BCUT2D eigenvalue weighted by Gasteiger charge is 2.37. The van der Waals surface area contributed by atoms with E-state index in [2.05, 4.69) is 30.4 Å². The topological polar surface area (TPSA) is 0 Å². The average molecular weight is 182 g/mol. The fraction of sp³-hybridized carbons (Fsp3) is 0.429. The van der Waals surface area contributed by atoms with Crippen LogP contribution in [0.4, 0.5) is 0 Å². The van der Waals surface area contributed by atoms with Gasteiger partial charge in [-0.3, -0.25) is 0 Å². The Balaban J connectivity index is 1.89. The summed E-state index contributed by atoms with van der Waals surface area (Å²) in [5.41, 5.74) is 4.88. The van der Waals surface area contributed by atoms with Gasteiger partial charge in [0.25, 0.3) is 0 Å². The summed E-state index contributed by atoms with van der Waals surface area (Å²) in [6.45, 7) is 0. The molecule has 0 aromatic heterocycles. The van der Waals surface area contributed by atoms with Crippen LogP contribution in [0.25, 0.3) is 0 Å². The van der Waals surface area contributed by atoms with Gasteiger partial charge in [-0.1, -0.05) is 30.4 Å². The zero-order valence-electron chi connectivity index (χ0n) is 8.24. The van der Waals surface area contributed by atoms with Gasteiger partial charge < -0.3 is 0 Å². The van der Waals surface area contributed by atoms with Crippen molar-refractivity contribution in [1.82, 2.24) is 0 Å². The summed E-state index contributed by atoms with van der Waals surface area (Å²) < 4.78 is 0. The quantitative estimate of drug-likeness (QED) is 0.540. The molecule has 0 fully saturated rings. The van der Waals surface area contributed by atoms with Gasteiger partial charge in [-0.05, 0) is 47.8 Å². The van der Waals surface area contributed by atoms with Gasteiger partial charge in [0.15, 0.2) is 0 Å². The molecule has 0 radical (unpaired) electrons. The highest BCUT2D eigenvalue weighted by Crippen LogP contribution is 2.50. The van der Waals surface area contributed by atoms with Gasteiger partial charge in [-0.2, -0.15) is 0 Å². The first-order valence-corrected chi connectivity index (χ1v) is 5.73. The Hall–Kier alpha value is -1.04. The second kappa shape index (κ2) is 2.31. The number of fused-ring (bicyclic) bond motifs is 3. The van der Waals surface area contributed by atoms with Crippen molar-refractivity contribution in [1.29, 1.82) is 0 Å². The molecule has 1 aromatic rings. The monoisotopic (exact) mass is 182 g/mol. The SMILES string of the molecule is C1=CC2CC1CCc1ccc3cc1C32. The van der Waals surface area contributed by atoms with Crippen LogP contribution >= 0.6 is 0 Å². The third-order valence-electron chi connectivity index (χ3n) is 4.28. The summed E-state index contributed by atoms with van der Waals surface area (Å²) in [6.07, 6.45) is 9.02. The average Bonchev–Trinajstić information content (AvgIpc) is 2.63. The van der Waals surface area contributed by atoms with Crippen molar-refractivity contribution in [3.63, 3.8) is 0 Å². The van der Waals surface area contributed by atoms with E-state index in [4.69, 9.17) is 0 Å². The van der Waals surface area contributed by atoms with Crippen LogP contribution in [0.1, 0.15) is 35.4 Å². The summed E-state index contributed by atoms with van der Waals surface area (Å²) in [5, 5.41) is 0. The maximum atomic E-state index is 2.48. The van der Waals surface area contributed by atoms with Crippen molar-refractivity contribution >= 4 is 0 Å². The Kier molecular flexibility index (Phi) is 1.20. The molecule has 0 spiro atoms. The van der Waals surface area contributed by atoms with Crippen LogP contribution in [-0.4, -0.2) is 0 Å². The Bertz CT molecular complexity index is 424. The minimum atomic E-state index is 0.788. The summed E-state index contributed by atoms with van der Waals surface area (Å²) in [4.78, 5) is 0. The predicted octanol–water partition coefficient (Wildman–Crippen LogP) is 3.27. The zero-order chi connectivity index (χ0) is 9.12. The molecule has 0 heteroatoms. The predicted molar refractivity (Wildman–Crippen MR) is 57.3 cm³/mol. The lowest BCUT2D eigenvalue weighted by molar-refractivity contribution is 0.432. The molecule has 70 valence electrons. The lowest BCUT2D eigenvalue weighted by Gasteiger charge is -2.36. The first kappa shape index (κ1) is 7.28. The molecule has 14 heavy (non-hydrogen) atoms. The highest BCUT2D eigenvalue weighted by atomic mass is 14.4. The smallest absolute Gasteiger partial charge is 0.0155 e. The largest absolute Gasteiger partial charge is 0.0851 e. The van der Waals surface area contributed by atoms with E-state index < -0.39 is 0 Å². The van der Waals surface area contributed by atoms with Crippen molar-refractivity contribution in [2.24, 2.45) is 11.8 Å².